The summed E-state index contributed by atoms with van der Waals surface area (Å²) < 4.78 is 0. The molecule has 0 bridgehead atoms. The Kier molecular flexibility index (Phi) is 4.54. The lowest BCUT2D eigenvalue weighted by Crippen LogP contribution is -2.43. The van der Waals surface area contributed by atoms with E-state index in [2.05, 4.69) is 29.1 Å². The molecule has 2 unspecified atom stereocenters. The summed E-state index contributed by atoms with van der Waals surface area (Å²) in [6, 6.07) is 0. The van der Waals surface area contributed by atoms with E-state index < -0.39 is 0 Å². The van der Waals surface area contributed by atoms with Crippen LogP contribution in [0.25, 0.3) is 0 Å². The standard InChI is InChI=1S/C13H22N2OS/c1-10-5-7-15(8-13(10)16)6-3-4-12-9-17-11(2)14-12/h9-10,13,16H,3-8H2,1-2H3. The molecule has 1 aromatic heterocycles. The van der Waals surface area contributed by atoms with Crippen LogP contribution in [0.1, 0.15) is 30.5 Å². The normalized spacial score (nSPS) is 26.3. The van der Waals surface area contributed by atoms with Crippen molar-refractivity contribution in [3.8, 4) is 0 Å². The van der Waals surface area contributed by atoms with Crippen molar-refractivity contribution >= 4 is 11.3 Å². The van der Waals surface area contributed by atoms with Gasteiger partial charge in [0.05, 0.1) is 16.8 Å². The van der Waals surface area contributed by atoms with Crippen LogP contribution >= 0.6 is 11.3 Å². The minimum absolute atomic E-state index is 0.134. The van der Waals surface area contributed by atoms with Crippen LogP contribution in [0.4, 0.5) is 0 Å². The fourth-order valence-electron chi connectivity index (χ4n) is 2.32. The highest BCUT2D eigenvalue weighted by molar-refractivity contribution is 7.09. The average molecular weight is 254 g/mol. The van der Waals surface area contributed by atoms with Crippen molar-refractivity contribution in [3.05, 3.63) is 16.1 Å². The maximum atomic E-state index is 9.82. The summed E-state index contributed by atoms with van der Waals surface area (Å²) in [4.78, 5) is 6.85. The molecule has 3 nitrogen and oxygen atoms in total. The van der Waals surface area contributed by atoms with E-state index in [1.54, 1.807) is 11.3 Å². The number of aliphatic hydroxyl groups excluding tert-OH is 1. The number of piperidine rings is 1. The van der Waals surface area contributed by atoms with Crippen molar-refractivity contribution in [2.45, 2.75) is 39.2 Å². The van der Waals surface area contributed by atoms with Gasteiger partial charge in [0.25, 0.3) is 0 Å². The maximum absolute atomic E-state index is 9.82. The largest absolute Gasteiger partial charge is 0.392 e. The highest BCUT2D eigenvalue weighted by Crippen LogP contribution is 2.17. The van der Waals surface area contributed by atoms with Crippen LogP contribution in [-0.4, -0.2) is 40.7 Å². The van der Waals surface area contributed by atoms with E-state index in [1.165, 1.54) is 5.69 Å². The Morgan fingerprint density at radius 1 is 1.59 bits per heavy atom. The summed E-state index contributed by atoms with van der Waals surface area (Å²) in [6.45, 7) is 7.25. The fraction of sp³-hybridized carbons (Fsp3) is 0.769. The number of aryl methyl sites for hydroxylation is 2. The van der Waals surface area contributed by atoms with Crippen molar-refractivity contribution < 1.29 is 5.11 Å². The van der Waals surface area contributed by atoms with Crippen molar-refractivity contribution in [1.82, 2.24) is 9.88 Å². The molecule has 1 fully saturated rings. The predicted octanol–water partition coefficient (Wildman–Crippen LogP) is 2.09. The Bertz CT molecular complexity index is 353. The van der Waals surface area contributed by atoms with E-state index in [0.717, 1.165) is 43.9 Å². The van der Waals surface area contributed by atoms with Crippen molar-refractivity contribution in [3.63, 3.8) is 0 Å². The van der Waals surface area contributed by atoms with Crippen LogP contribution in [0.15, 0.2) is 5.38 Å². The molecule has 0 aliphatic carbocycles. The Labute approximate surface area is 107 Å². The minimum atomic E-state index is -0.134. The predicted molar refractivity (Wildman–Crippen MR) is 71.4 cm³/mol. The van der Waals surface area contributed by atoms with E-state index >= 15 is 0 Å². The first-order valence-electron chi connectivity index (χ1n) is 6.46. The Hall–Kier alpha value is -0.450. The summed E-state index contributed by atoms with van der Waals surface area (Å²) in [5.41, 5.74) is 1.22. The highest BCUT2D eigenvalue weighted by Gasteiger charge is 2.23. The Morgan fingerprint density at radius 3 is 3.06 bits per heavy atom. The molecule has 2 heterocycles. The van der Waals surface area contributed by atoms with Crippen molar-refractivity contribution in [2.75, 3.05) is 19.6 Å². The van der Waals surface area contributed by atoms with Gasteiger partial charge in [0.1, 0.15) is 0 Å². The first-order valence-corrected chi connectivity index (χ1v) is 7.34. The molecular formula is C13H22N2OS. The number of hydrogen-bond donors (Lipinski definition) is 1. The lowest BCUT2D eigenvalue weighted by atomic mass is 9.96. The summed E-state index contributed by atoms with van der Waals surface area (Å²) in [6.07, 6.45) is 3.19. The summed E-state index contributed by atoms with van der Waals surface area (Å²) in [5, 5.41) is 13.1. The van der Waals surface area contributed by atoms with E-state index in [0.29, 0.717) is 5.92 Å². The molecule has 4 heteroatoms. The SMILES string of the molecule is Cc1nc(CCCN2CCC(C)C(O)C2)cs1. The van der Waals surface area contributed by atoms with Crippen LogP contribution in [0.2, 0.25) is 0 Å². The molecule has 1 saturated heterocycles. The quantitative estimate of drug-likeness (QED) is 0.894. The van der Waals surface area contributed by atoms with Crippen LogP contribution in [0.5, 0.6) is 0 Å². The second-order valence-electron chi connectivity index (χ2n) is 5.10. The molecule has 2 atom stereocenters. The van der Waals surface area contributed by atoms with Gasteiger partial charge in [-0.25, -0.2) is 4.98 Å². The zero-order valence-electron chi connectivity index (χ0n) is 10.7. The molecule has 1 N–H and O–H groups in total. The van der Waals surface area contributed by atoms with E-state index in [1.807, 2.05) is 0 Å². The van der Waals surface area contributed by atoms with Gasteiger partial charge in [0.15, 0.2) is 0 Å². The molecule has 0 radical (unpaired) electrons. The minimum Gasteiger partial charge on any atom is -0.392 e. The molecule has 0 spiro atoms. The van der Waals surface area contributed by atoms with E-state index in [-0.39, 0.29) is 6.10 Å². The maximum Gasteiger partial charge on any atom is 0.0897 e. The highest BCUT2D eigenvalue weighted by atomic mass is 32.1. The van der Waals surface area contributed by atoms with Gasteiger partial charge in [-0.3, -0.25) is 0 Å². The van der Waals surface area contributed by atoms with Crippen LogP contribution in [0.3, 0.4) is 0 Å². The monoisotopic (exact) mass is 254 g/mol. The molecule has 0 aromatic carbocycles. The number of nitrogens with zero attached hydrogens (tertiary/aromatic N) is 2. The topological polar surface area (TPSA) is 36.4 Å². The Balaban J connectivity index is 1.69. The number of aliphatic hydroxyl groups is 1. The van der Waals surface area contributed by atoms with Gasteiger partial charge in [-0.1, -0.05) is 6.92 Å². The van der Waals surface area contributed by atoms with E-state index in [4.69, 9.17) is 0 Å². The second-order valence-corrected chi connectivity index (χ2v) is 6.16. The molecule has 1 aliphatic heterocycles. The van der Waals surface area contributed by atoms with Gasteiger partial charge in [-0.2, -0.15) is 0 Å². The number of likely N-dealkylation sites (tertiary alicyclic amines) is 1. The van der Waals surface area contributed by atoms with Crippen molar-refractivity contribution in [1.29, 1.82) is 0 Å². The number of thiazole rings is 1. The summed E-state index contributed by atoms with van der Waals surface area (Å²) in [5.74, 6) is 0.465. The van der Waals surface area contributed by atoms with Gasteiger partial charge in [-0.05, 0) is 45.2 Å². The number of rotatable bonds is 4. The van der Waals surface area contributed by atoms with Crippen LogP contribution in [-0.2, 0) is 6.42 Å². The molecule has 17 heavy (non-hydrogen) atoms. The smallest absolute Gasteiger partial charge is 0.0897 e. The molecule has 0 saturated carbocycles. The van der Waals surface area contributed by atoms with E-state index in [9.17, 15) is 5.11 Å². The molecule has 1 aromatic rings. The van der Waals surface area contributed by atoms with Crippen LogP contribution in [0, 0.1) is 12.8 Å². The van der Waals surface area contributed by atoms with Crippen LogP contribution < -0.4 is 0 Å². The second kappa shape index (κ2) is 5.94. The first-order chi connectivity index (χ1) is 8.15. The number of β-amino-alcohol motifs (C(OH)–C–C–N with tert-alkyl or cyclic N) is 1. The van der Waals surface area contributed by atoms with Gasteiger partial charge in [0.2, 0.25) is 0 Å². The van der Waals surface area contributed by atoms with Gasteiger partial charge in [-0.15, -0.1) is 11.3 Å². The molecular weight excluding hydrogens is 232 g/mol. The van der Waals surface area contributed by atoms with Crippen molar-refractivity contribution in [2.24, 2.45) is 5.92 Å². The summed E-state index contributed by atoms with van der Waals surface area (Å²) >= 11 is 1.73. The molecule has 2 rings (SSSR count). The molecule has 0 amide bonds. The third-order valence-corrected chi connectivity index (χ3v) is 4.40. The zero-order valence-corrected chi connectivity index (χ0v) is 11.5. The molecule has 96 valence electrons. The average Bonchev–Trinajstić information content (AvgIpc) is 2.70. The van der Waals surface area contributed by atoms with Gasteiger partial charge < -0.3 is 10.0 Å². The third-order valence-electron chi connectivity index (χ3n) is 3.58. The number of hydrogen-bond acceptors (Lipinski definition) is 4. The summed E-state index contributed by atoms with van der Waals surface area (Å²) in [7, 11) is 0. The lowest BCUT2D eigenvalue weighted by molar-refractivity contribution is 0.0289. The molecule has 1 aliphatic rings. The number of aromatic nitrogens is 1. The lowest BCUT2D eigenvalue weighted by Gasteiger charge is -2.34. The fourth-order valence-corrected chi connectivity index (χ4v) is 2.97. The van der Waals surface area contributed by atoms with Gasteiger partial charge in [0, 0.05) is 11.9 Å². The third kappa shape index (κ3) is 3.76. The van der Waals surface area contributed by atoms with Gasteiger partial charge >= 0.3 is 0 Å². The first kappa shape index (κ1) is 13.0. The zero-order chi connectivity index (χ0) is 12.3. The Morgan fingerprint density at radius 2 is 2.41 bits per heavy atom.